The van der Waals surface area contributed by atoms with Crippen LogP contribution in [0.2, 0.25) is 0 Å². The first-order valence-corrected chi connectivity index (χ1v) is 9.37. The van der Waals surface area contributed by atoms with Crippen molar-refractivity contribution in [3.05, 3.63) is 0 Å². The summed E-state index contributed by atoms with van der Waals surface area (Å²) in [7, 11) is 2.16. The van der Waals surface area contributed by atoms with Gasteiger partial charge >= 0.3 is 0 Å². The van der Waals surface area contributed by atoms with Gasteiger partial charge in [-0.25, -0.2) is 0 Å². The zero-order valence-electron chi connectivity index (χ0n) is 13.3. The van der Waals surface area contributed by atoms with Crippen molar-refractivity contribution < 1.29 is 0 Å². The zero-order chi connectivity index (χ0) is 13.8. The molecule has 2 aliphatic carbocycles. The molecule has 0 aromatic heterocycles. The Morgan fingerprint density at radius 3 is 2.47 bits per heavy atom. The smallest absolute Gasteiger partial charge is 0.0206 e. The van der Waals surface area contributed by atoms with Crippen molar-refractivity contribution in [2.24, 2.45) is 17.8 Å². The summed E-state index contributed by atoms with van der Waals surface area (Å²) in [5.74, 6) is 2.79. The Bertz CT molecular complexity index is 266. The molecule has 112 valence electrons. The third-order valence-corrected chi connectivity index (χ3v) is 7.09. The third-order valence-electron chi connectivity index (χ3n) is 5.40. The minimum Gasteiger partial charge on any atom is -0.316 e. The van der Waals surface area contributed by atoms with Crippen molar-refractivity contribution in [2.45, 2.75) is 82.3 Å². The Balaban J connectivity index is 1.90. The van der Waals surface area contributed by atoms with Crippen LogP contribution in [0.1, 0.15) is 65.7 Å². The minimum absolute atomic E-state index is 0.761. The van der Waals surface area contributed by atoms with Crippen molar-refractivity contribution in [2.75, 3.05) is 7.05 Å². The average Bonchev–Trinajstić information content (AvgIpc) is 2.38. The SMILES string of the molecule is CNC1CCC(C(C)C)CC1SC1CCCC(C)C1. The average molecular weight is 284 g/mol. The lowest BCUT2D eigenvalue weighted by Crippen LogP contribution is -2.42. The van der Waals surface area contributed by atoms with Gasteiger partial charge in [0.25, 0.3) is 0 Å². The molecule has 0 aromatic rings. The first kappa shape index (κ1) is 15.7. The predicted molar refractivity (Wildman–Crippen MR) is 87.8 cm³/mol. The number of rotatable bonds is 4. The van der Waals surface area contributed by atoms with Gasteiger partial charge in [-0.2, -0.15) is 11.8 Å². The summed E-state index contributed by atoms with van der Waals surface area (Å²) in [6.07, 6.45) is 10.1. The summed E-state index contributed by atoms with van der Waals surface area (Å²) in [6, 6.07) is 0.761. The van der Waals surface area contributed by atoms with Crippen LogP contribution in [0.4, 0.5) is 0 Å². The first-order valence-electron chi connectivity index (χ1n) is 8.42. The molecule has 1 N–H and O–H groups in total. The summed E-state index contributed by atoms with van der Waals surface area (Å²) in [4.78, 5) is 0. The molecule has 2 rings (SSSR count). The molecule has 19 heavy (non-hydrogen) atoms. The predicted octanol–water partition coefficient (Wildman–Crippen LogP) is 4.71. The van der Waals surface area contributed by atoms with E-state index in [1.807, 2.05) is 0 Å². The second-order valence-electron chi connectivity index (χ2n) is 7.28. The number of hydrogen-bond donors (Lipinski definition) is 1. The fraction of sp³-hybridized carbons (Fsp3) is 1.00. The van der Waals surface area contributed by atoms with Crippen molar-refractivity contribution in [1.29, 1.82) is 0 Å². The molecule has 0 radical (unpaired) electrons. The maximum atomic E-state index is 3.59. The van der Waals surface area contributed by atoms with Crippen LogP contribution in [0.15, 0.2) is 0 Å². The van der Waals surface area contributed by atoms with Crippen LogP contribution in [0.25, 0.3) is 0 Å². The van der Waals surface area contributed by atoms with Crippen LogP contribution in [0, 0.1) is 17.8 Å². The standard InChI is InChI=1S/C17H33NS/c1-12(2)14-8-9-16(18-4)17(11-14)19-15-7-5-6-13(3)10-15/h12-18H,5-11H2,1-4H3. The van der Waals surface area contributed by atoms with Crippen LogP contribution in [0.3, 0.4) is 0 Å². The Kier molecular flexibility index (Phi) is 6.08. The fourth-order valence-corrected chi connectivity index (χ4v) is 6.05. The Hall–Kier alpha value is 0.310. The quantitative estimate of drug-likeness (QED) is 0.802. The van der Waals surface area contributed by atoms with E-state index in [9.17, 15) is 0 Å². The van der Waals surface area contributed by atoms with Gasteiger partial charge in [0.1, 0.15) is 0 Å². The van der Waals surface area contributed by atoms with Gasteiger partial charge < -0.3 is 5.32 Å². The van der Waals surface area contributed by atoms with Crippen molar-refractivity contribution in [3.63, 3.8) is 0 Å². The largest absolute Gasteiger partial charge is 0.316 e. The molecule has 0 amide bonds. The molecule has 5 unspecified atom stereocenters. The van der Waals surface area contributed by atoms with E-state index in [0.717, 1.165) is 34.3 Å². The highest BCUT2D eigenvalue weighted by Gasteiger charge is 2.33. The monoisotopic (exact) mass is 283 g/mol. The highest BCUT2D eigenvalue weighted by molar-refractivity contribution is 8.00. The first-order chi connectivity index (χ1) is 9.10. The fourth-order valence-electron chi connectivity index (χ4n) is 4.00. The molecule has 2 aliphatic rings. The molecule has 0 aromatic carbocycles. The maximum Gasteiger partial charge on any atom is 0.0206 e. The summed E-state index contributed by atoms with van der Waals surface area (Å²) in [5.41, 5.74) is 0. The van der Waals surface area contributed by atoms with Gasteiger partial charge in [-0.1, -0.05) is 33.6 Å². The van der Waals surface area contributed by atoms with Gasteiger partial charge in [-0.3, -0.25) is 0 Å². The Morgan fingerprint density at radius 1 is 1.05 bits per heavy atom. The van der Waals surface area contributed by atoms with Gasteiger partial charge in [0.15, 0.2) is 0 Å². The van der Waals surface area contributed by atoms with Crippen LogP contribution in [-0.4, -0.2) is 23.6 Å². The van der Waals surface area contributed by atoms with Crippen LogP contribution >= 0.6 is 11.8 Å². The van der Waals surface area contributed by atoms with Gasteiger partial charge in [0.05, 0.1) is 0 Å². The van der Waals surface area contributed by atoms with Gasteiger partial charge in [0, 0.05) is 16.5 Å². The highest BCUT2D eigenvalue weighted by atomic mass is 32.2. The number of hydrogen-bond acceptors (Lipinski definition) is 2. The van der Waals surface area contributed by atoms with Crippen molar-refractivity contribution in [3.8, 4) is 0 Å². The van der Waals surface area contributed by atoms with Gasteiger partial charge in [0.2, 0.25) is 0 Å². The zero-order valence-corrected chi connectivity index (χ0v) is 14.1. The van der Waals surface area contributed by atoms with E-state index >= 15 is 0 Å². The lowest BCUT2D eigenvalue weighted by molar-refractivity contribution is 0.250. The van der Waals surface area contributed by atoms with Gasteiger partial charge in [-0.15, -0.1) is 0 Å². The molecule has 0 heterocycles. The molecule has 2 fully saturated rings. The molecular weight excluding hydrogens is 250 g/mol. The minimum atomic E-state index is 0.761. The lowest BCUT2D eigenvalue weighted by atomic mass is 9.79. The summed E-state index contributed by atoms with van der Waals surface area (Å²) >= 11 is 2.34. The molecule has 0 aliphatic heterocycles. The van der Waals surface area contributed by atoms with Gasteiger partial charge in [-0.05, 0) is 56.9 Å². The van der Waals surface area contributed by atoms with E-state index in [1.165, 1.54) is 44.9 Å². The molecular formula is C17H33NS. The van der Waals surface area contributed by atoms with E-state index in [4.69, 9.17) is 0 Å². The molecule has 0 bridgehead atoms. The van der Waals surface area contributed by atoms with E-state index in [2.05, 4.69) is 44.9 Å². The van der Waals surface area contributed by atoms with E-state index in [0.29, 0.717) is 0 Å². The Morgan fingerprint density at radius 2 is 1.84 bits per heavy atom. The Labute approximate surface area is 124 Å². The van der Waals surface area contributed by atoms with Crippen molar-refractivity contribution in [1.82, 2.24) is 5.32 Å². The second-order valence-corrected chi connectivity index (χ2v) is 8.82. The molecule has 2 saturated carbocycles. The number of thioether (sulfide) groups is 1. The second kappa shape index (κ2) is 7.36. The molecule has 0 spiro atoms. The number of nitrogens with one attached hydrogen (secondary N) is 1. The molecule has 1 nitrogen and oxygen atoms in total. The van der Waals surface area contributed by atoms with E-state index in [-0.39, 0.29) is 0 Å². The molecule has 5 atom stereocenters. The van der Waals surface area contributed by atoms with E-state index < -0.39 is 0 Å². The summed E-state index contributed by atoms with van der Waals surface area (Å²) in [6.45, 7) is 7.27. The van der Waals surface area contributed by atoms with Crippen molar-refractivity contribution >= 4 is 11.8 Å². The van der Waals surface area contributed by atoms with E-state index in [1.54, 1.807) is 0 Å². The lowest BCUT2D eigenvalue weighted by Gasteiger charge is -2.40. The molecule has 2 heteroatoms. The van der Waals surface area contributed by atoms with Crippen LogP contribution < -0.4 is 5.32 Å². The highest BCUT2D eigenvalue weighted by Crippen LogP contribution is 2.41. The maximum absolute atomic E-state index is 3.59. The summed E-state index contributed by atoms with van der Waals surface area (Å²) < 4.78 is 0. The molecule has 0 saturated heterocycles. The normalized spacial score (nSPS) is 40.6. The summed E-state index contributed by atoms with van der Waals surface area (Å²) in [5, 5.41) is 5.40. The topological polar surface area (TPSA) is 12.0 Å². The van der Waals surface area contributed by atoms with Crippen LogP contribution in [0.5, 0.6) is 0 Å². The third kappa shape index (κ3) is 4.39. The van der Waals surface area contributed by atoms with Crippen LogP contribution in [-0.2, 0) is 0 Å².